The number of anilines is 1. The number of benzene rings is 2. The average molecular weight is 412 g/mol. The summed E-state index contributed by atoms with van der Waals surface area (Å²) < 4.78 is 49.4. The van der Waals surface area contributed by atoms with E-state index in [2.05, 4.69) is 5.32 Å². The van der Waals surface area contributed by atoms with Crippen molar-refractivity contribution in [3.63, 3.8) is 0 Å². The zero-order chi connectivity index (χ0) is 20.5. The summed E-state index contributed by atoms with van der Waals surface area (Å²) in [6, 6.07) is 9.07. The first-order valence-electron chi connectivity index (χ1n) is 8.08. The summed E-state index contributed by atoms with van der Waals surface area (Å²) in [7, 11) is 0. The Balaban J connectivity index is 1.96. The quantitative estimate of drug-likeness (QED) is 0.605. The van der Waals surface area contributed by atoms with E-state index < -0.39 is 28.3 Å². The number of fused-ring (bicyclic) bond motifs is 1. The van der Waals surface area contributed by atoms with E-state index in [0.29, 0.717) is 23.8 Å². The summed E-state index contributed by atoms with van der Waals surface area (Å²) in [5.41, 5.74) is -2.38. The van der Waals surface area contributed by atoms with Crippen LogP contribution in [0, 0.1) is 0 Å². The molecule has 0 saturated heterocycles. The predicted molar refractivity (Wildman–Crippen MR) is 98.1 cm³/mol. The van der Waals surface area contributed by atoms with Gasteiger partial charge in [-0.05, 0) is 37.3 Å². The maximum atomic E-state index is 13.0. The number of amides is 1. The molecule has 0 spiro atoms. The van der Waals surface area contributed by atoms with E-state index in [4.69, 9.17) is 20.8 Å². The molecular formula is C19H13ClF3NO4. The molecule has 2 aromatic carbocycles. The fourth-order valence-electron chi connectivity index (χ4n) is 2.56. The molecule has 1 heterocycles. The van der Waals surface area contributed by atoms with Crippen molar-refractivity contribution in [3.05, 3.63) is 69.0 Å². The van der Waals surface area contributed by atoms with E-state index >= 15 is 0 Å². The Bertz CT molecular complexity index is 1110. The smallest absolute Gasteiger partial charge is 0.417 e. The predicted octanol–water partition coefficient (Wildman–Crippen LogP) is 5.12. The van der Waals surface area contributed by atoms with Gasteiger partial charge >= 0.3 is 11.8 Å². The van der Waals surface area contributed by atoms with Crippen molar-refractivity contribution < 1.29 is 27.1 Å². The zero-order valence-corrected chi connectivity index (χ0v) is 15.1. The fraction of sp³-hybridized carbons (Fsp3) is 0.158. The highest BCUT2D eigenvalue weighted by Gasteiger charge is 2.33. The van der Waals surface area contributed by atoms with E-state index in [0.717, 1.165) is 6.07 Å². The third kappa shape index (κ3) is 3.96. The number of hydrogen-bond donors (Lipinski definition) is 1. The molecule has 0 aliphatic rings. The zero-order valence-electron chi connectivity index (χ0n) is 14.4. The molecule has 0 atom stereocenters. The highest BCUT2D eigenvalue weighted by atomic mass is 35.5. The number of ether oxygens (including phenoxy) is 1. The van der Waals surface area contributed by atoms with Gasteiger partial charge in [0.2, 0.25) is 0 Å². The Morgan fingerprint density at radius 1 is 1.21 bits per heavy atom. The van der Waals surface area contributed by atoms with Crippen LogP contribution in [-0.2, 0) is 6.18 Å². The van der Waals surface area contributed by atoms with Gasteiger partial charge in [0, 0.05) is 11.1 Å². The van der Waals surface area contributed by atoms with E-state index in [-0.39, 0.29) is 16.8 Å². The fourth-order valence-corrected chi connectivity index (χ4v) is 2.79. The van der Waals surface area contributed by atoms with E-state index in [1.165, 1.54) is 12.1 Å². The highest BCUT2D eigenvalue weighted by molar-refractivity contribution is 6.31. The number of nitrogens with one attached hydrogen (secondary N) is 1. The van der Waals surface area contributed by atoms with E-state index in [1.54, 1.807) is 25.1 Å². The van der Waals surface area contributed by atoms with Gasteiger partial charge in [0.1, 0.15) is 5.56 Å². The summed E-state index contributed by atoms with van der Waals surface area (Å²) in [5, 5.41) is 2.19. The van der Waals surface area contributed by atoms with Crippen molar-refractivity contribution in [2.45, 2.75) is 13.1 Å². The molecule has 146 valence electrons. The number of halogens is 4. The minimum Gasteiger partial charge on any atom is -0.490 e. The third-order valence-corrected chi connectivity index (χ3v) is 4.13. The maximum Gasteiger partial charge on any atom is 0.417 e. The van der Waals surface area contributed by atoms with Crippen LogP contribution in [0.5, 0.6) is 5.75 Å². The van der Waals surface area contributed by atoms with Gasteiger partial charge < -0.3 is 14.5 Å². The average Bonchev–Trinajstić information content (AvgIpc) is 2.62. The summed E-state index contributed by atoms with van der Waals surface area (Å²) in [4.78, 5) is 24.6. The number of para-hydroxylation sites is 1. The molecule has 0 radical (unpaired) electrons. The number of rotatable bonds is 4. The van der Waals surface area contributed by atoms with Crippen LogP contribution in [0.1, 0.15) is 22.8 Å². The van der Waals surface area contributed by atoms with Crippen molar-refractivity contribution >= 4 is 34.2 Å². The lowest BCUT2D eigenvalue weighted by molar-refractivity contribution is -0.137. The molecule has 0 fully saturated rings. The minimum atomic E-state index is -4.69. The first-order chi connectivity index (χ1) is 13.2. The monoisotopic (exact) mass is 411 g/mol. The second-order valence-corrected chi connectivity index (χ2v) is 6.11. The number of hydrogen-bond acceptors (Lipinski definition) is 4. The Morgan fingerprint density at radius 3 is 2.64 bits per heavy atom. The Hall–Kier alpha value is -3.00. The molecule has 3 aromatic rings. The van der Waals surface area contributed by atoms with Crippen LogP contribution in [0.2, 0.25) is 5.02 Å². The largest absolute Gasteiger partial charge is 0.490 e. The Morgan fingerprint density at radius 2 is 1.96 bits per heavy atom. The lowest BCUT2D eigenvalue weighted by atomic mass is 10.1. The number of carbonyl (C=O) groups is 1. The molecule has 0 unspecified atom stereocenters. The molecule has 5 nitrogen and oxygen atoms in total. The van der Waals surface area contributed by atoms with Crippen LogP contribution >= 0.6 is 11.6 Å². The molecule has 0 aliphatic heterocycles. The molecule has 28 heavy (non-hydrogen) atoms. The lowest BCUT2D eigenvalue weighted by Gasteiger charge is -2.12. The van der Waals surface area contributed by atoms with Gasteiger partial charge in [-0.2, -0.15) is 13.2 Å². The molecular weight excluding hydrogens is 399 g/mol. The second-order valence-electron chi connectivity index (χ2n) is 5.70. The Labute approximate surface area is 161 Å². The van der Waals surface area contributed by atoms with Crippen LogP contribution in [0.3, 0.4) is 0 Å². The van der Waals surface area contributed by atoms with Crippen molar-refractivity contribution in [1.29, 1.82) is 0 Å². The van der Waals surface area contributed by atoms with Crippen molar-refractivity contribution in [2.24, 2.45) is 0 Å². The first-order valence-corrected chi connectivity index (χ1v) is 8.46. The summed E-state index contributed by atoms with van der Waals surface area (Å²) in [5.74, 6) is -0.565. The maximum absolute atomic E-state index is 13.0. The van der Waals surface area contributed by atoms with Gasteiger partial charge in [0.15, 0.2) is 11.3 Å². The number of alkyl halides is 3. The number of carbonyl (C=O) groups excluding carboxylic acids is 1. The first kappa shape index (κ1) is 19.8. The minimum absolute atomic E-state index is 0.163. The van der Waals surface area contributed by atoms with Crippen LogP contribution in [-0.4, -0.2) is 12.5 Å². The van der Waals surface area contributed by atoms with Crippen LogP contribution in [0.15, 0.2) is 51.7 Å². The molecule has 1 aromatic heterocycles. The van der Waals surface area contributed by atoms with E-state index in [1.807, 2.05) is 0 Å². The lowest BCUT2D eigenvalue weighted by Crippen LogP contribution is -2.21. The van der Waals surface area contributed by atoms with E-state index in [9.17, 15) is 22.8 Å². The van der Waals surface area contributed by atoms with Gasteiger partial charge in [0.25, 0.3) is 5.91 Å². The highest BCUT2D eigenvalue weighted by Crippen LogP contribution is 2.36. The molecule has 9 heteroatoms. The second kappa shape index (κ2) is 7.55. The topological polar surface area (TPSA) is 68.5 Å². The van der Waals surface area contributed by atoms with Gasteiger partial charge in [-0.3, -0.25) is 4.79 Å². The standard InChI is InChI=1S/C19H13ClF3NO4/c1-2-27-15-5-3-4-10-8-12(18(26)28-16(10)15)17(25)24-11-6-7-14(20)13(9-11)19(21,22)23/h3-9H,2H2,1H3,(H,24,25). The summed E-state index contributed by atoms with van der Waals surface area (Å²) in [6.45, 7) is 2.11. The summed E-state index contributed by atoms with van der Waals surface area (Å²) in [6.07, 6.45) is -4.69. The van der Waals surface area contributed by atoms with Gasteiger partial charge in [-0.1, -0.05) is 23.7 Å². The Kier molecular flexibility index (Phi) is 5.33. The van der Waals surface area contributed by atoms with Crippen molar-refractivity contribution in [2.75, 3.05) is 11.9 Å². The molecule has 1 amide bonds. The van der Waals surface area contributed by atoms with Crippen LogP contribution in [0.25, 0.3) is 11.0 Å². The molecule has 0 saturated carbocycles. The van der Waals surface area contributed by atoms with Gasteiger partial charge in [-0.25, -0.2) is 4.79 Å². The van der Waals surface area contributed by atoms with Crippen LogP contribution < -0.4 is 15.7 Å². The molecule has 0 bridgehead atoms. The summed E-state index contributed by atoms with van der Waals surface area (Å²) >= 11 is 5.56. The van der Waals surface area contributed by atoms with Gasteiger partial charge in [0.05, 0.1) is 17.2 Å². The van der Waals surface area contributed by atoms with Gasteiger partial charge in [-0.15, -0.1) is 0 Å². The molecule has 3 rings (SSSR count). The van der Waals surface area contributed by atoms with Crippen molar-refractivity contribution in [3.8, 4) is 5.75 Å². The van der Waals surface area contributed by atoms with Crippen LogP contribution in [0.4, 0.5) is 18.9 Å². The normalized spacial score (nSPS) is 11.5. The molecule has 0 aliphatic carbocycles. The van der Waals surface area contributed by atoms with Crippen molar-refractivity contribution in [1.82, 2.24) is 0 Å². The third-order valence-electron chi connectivity index (χ3n) is 3.80. The molecule has 1 N–H and O–H groups in total. The SMILES string of the molecule is CCOc1cccc2cc(C(=O)Nc3ccc(Cl)c(C(F)(F)F)c3)c(=O)oc12.